The second kappa shape index (κ2) is 4.56. The van der Waals surface area contributed by atoms with E-state index in [2.05, 4.69) is 5.10 Å². The molecule has 0 amide bonds. The first kappa shape index (κ1) is 13.8. The van der Waals surface area contributed by atoms with E-state index in [0.29, 0.717) is 0 Å². The second-order valence-electron chi connectivity index (χ2n) is 3.67. The first-order valence-electron chi connectivity index (χ1n) is 4.67. The van der Waals surface area contributed by atoms with Gasteiger partial charge in [0.25, 0.3) is 0 Å². The number of halogens is 4. The van der Waals surface area contributed by atoms with Gasteiger partial charge in [0.15, 0.2) is 5.69 Å². The van der Waals surface area contributed by atoms with E-state index in [0.717, 1.165) is 4.68 Å². The summed E-state index contributed by atoms with van der Waals surface area (Å²) in [6.07, 6.45) is -4.64. The second-order valence-corrected chi connectivity index (χ2v) is 4.05. The quantitative estimate of drug-likeness (QED) is 0.918. The Kier molecular flexibility index (Phi) is 3.71. The summed E-state index contributed by atoms with van der Waals surface area (Å²) in [4.78, 5) is 10.6. The first-order chi connectivity index (χ1) is 7.64. The molecule has 0 aliphatic carbocycles. The van der Waals surface area contributed by atoms with Gasteiger partial charge in [-0.25, -0.2) is 0 Å². The third-order valence-corrected chi connectivity index (χ3v) is 2.72. The SMILES string of the molecule is Cc1c(Cl)c(C(F)(F)F)nn1C[C@H](C)C(=O)O. The smallest absolute Gasteiger partial charge is 0.436 e. The number of alkyl halides is 3. The number of nitrogens with zero attached hydrogens (tertiary/aromatic N) is 2. The normalized spacial score (nSPS) is 13.8. The van der Waals surface area contributed by atoms with Gasteiger partial charge in [0.05, 0.1) is 23.2 Å². The molecule has 0 saturated carbocycles. The fourth-order valence-electron chi connectivity index (χ4n) is 1.22. The van der Waals surface area contributed by atoms with Crippen LogP contribution >= 0.6 is 11.6 Å². The predicted molar refractivity (Wildman–Crippen MR) is 53.8 cm³/mol. The van der Waals surface area contributed by atoms with Crippen molar-refractivity contribution in [2.45, 2.75) is 26.6 Å². The molecule has 0 saturated heterocycles. The van der Waals surface area contributed by atoms with Crippen LogP contribution in [0, 0.1) is 12.8 Å². The molecule has 1 heterocycles. The number of aromatic nitrogens is 2. The molecule has 0 unspecified atom stereocenters. The van der Waals surface area contributed by atoms with Crippen molar-refractivity contribution in [2.75, 3.05) is 0 Å². The van der Waals surface area contributed by atoms with Gasteiger partial charge in [0, 0.05) is 0 Å². The van der Waals surface area contributed by atoms with E-state index in [9.17, 15) is 18.0 Å². The molecular weight excluding hydrogens is 261 g/mol. The van der Waals surface area contributed by atoms with Crippen molar-refractivity contribution >= 4 is 17.6 Å². The molecule has 1 aromatic heterocycles. The lowest BCUT2D eigenvalue weighted by Crippen LogP contribution is -2.19. The maximum Gasteiger partial charge on any atom is 0.436 e. The average molecular weight is 271 g/mol. The summed E-state index contributed by atoms with van der Waals surface area (Å²) in [5, 5.41) is 11.5. The van der Waals surface area contributed by atoms with Gasteiger partial charge in [0.2, 0.25) is 0 Å². The van der Waals surface area contributed by atoms with Crippen LogP contribution in [0.3, 0.4) is 0 Å². The van der Waals surface area contributed by atoms with Crippen LogP contribution < -0.4 is 0 Å². The Morgan fingerprint density at radius 2 is 2.12 bits per heavy atom. The summed E-state index contributed by atoms with van der Waals surface area (Å²) in [6.45, 7) is 2.58. The van der Waals surface area contributed by atoms with Crippen LogP contribution in [0.4, 0.5) is 13.2 Å². The highest BCUT2D eigenvalue weighted by molar-refractivity contribution is 6.31. The van der Waals surface area contributed by atoms with Crippen molar-refractivity contribution in [1.29, 1.82) is 0 Å². The highest BCUT2D eigenvalue weighted by atomic mass is 35.5. The minimum Gasteiger partial charge on any atom is -0.481 e. The lowest BCUT2D eigenvalue weighted by atomic mass is 10.2. The van der Waals surface area contributed by atoms with Gasteiger partial charge in [-0.2, -0.15) is 18.3 Å². The zero-order valence-electron chi connectivity index (χ0n) is 9.05. The summed E-state index contributed by atoms with van der Waals surface area (Å²) in [5.41, 5.74) is -1.08. The molecule has 17 heavy (non-hydrogen) atoms. The van der Waals surface area contributed by atoms with Crippen LogP contribution in [-0.4, -0.2) is 20.9 Å². The standard InChI is InChI=1S/C9H10ClF3N2O2/c1-4(8(16)17)3-15-5(2)6(10)7(14-15)9(11,12)13/h4H,3H2,1-2H3,(H,16,17)/t4-/m0/s1. The number of carboxylic acid groups (broad SMARTS) is 1. The summed E-state index contributed by atoms with van der Waals surface area (Å²) < 4.78 is 38.3. The molecule has 0 aliphatic heterocycles. The van der Waals surface area contributed by atoms with E-state index in [-0.39, 0.29) is 12.2 Å². The van der Waals surface area contributed by atoms with Crippen LogP contribution in [0.1, 0.15) is 18.3 Å². The Morgan fingerprint density at radius 3 is 2.47 bits per heavy atom. The summed E-state index contributed by atoms with van der Waals surface area (Å²) >= 11 is 5.51. The minimum absolute atomic E-state index is 0.104. The molecule has 1 N–H and O–H groups in total. The molecule has 0 fully saturated rings. The maximum atomic E-state index is 12.5. The molecular formula is C9H10ClF3N2O2. The van der Waals surface area contributed by atoms with Gasteiger partial charge >= 0.3 is 12.1 Å². The number of hydrogen-bond acceptors (Lipinski definition) is 2. The molecule has 0 aliphatic rings. The van der Waals surface area contributed by atoms with Crippen molar-refractivity contribution in [3.8, 4) is 0 Å². The van der Waals surface area contributed by atoms with Gasteiger partial charge in [0.1, 0.15) is 0 Å². The first-order valence-corrected chi connectivity index (χ1v) is 5.05. The van der Waals surface area contributed by atoms with Gasteiger partial charge in [-0.1, -0.05) is 18.5 Å². The zero-order chi connectivity index (χ0) is 13.4. The third kappa shape index (κ3) is 2.91. The molecule has 8 heteroatoms. The maximum absolute atomic E-state index is 12.5. The lowest BCUT2D eigenvalue weighted by Gasteiger charge is -2.07. The largest absolute Gasteiger partial charge is 0.481 e. The van der Waals surface area contributed by atoms with Gasteiger partial charge in [-0.05, 0) is 6.92 Å². The number of carboxylic acids is 1. The zero-order valence-corrected chi connectivity index (χ0v) is 9.80. The number of aliphatic carboxylic acids is 1. The van der Waals surface area contributed by atoms with Crippen LogP contribution in [0.15, 0.2) is 0 Å². The monoisotopic (exact) mass is 270 g/mol. The van der Waals surface area contributed by atoms with Crippen molar-refractivity contribution in [3.63, 3.8) is 0 Å². The Labute approximate surface area is 100.0 Å². The van der Waals surface area contributed by atoms with Crippen molar-refractivity contribution in [1.82, 2.24) is 9.78 Å². The summed E-state index contributed by atoms with van der Waals surface area (Å²) in [6, 6.07) is 0. The minimum atomic E-state index is -4.64. The molecule has 1 rings (SSSR count). The average Bonchev–Trinajstić information content (AvgIpc) is 2.45. The molecule has 1 aromatic rings. The van der Waals surface area contributed by atoms with Crippen molar-refractivity contribution < 1.29 is 23.1 Å². The van der Waals surface area contributed by atoms with E-state index in [1.807, 2.05) is 0 Å². The highest BCUT2D eigenvalue weighted by Crippen LogP contribution is 2.35. The van der Waals surface area contributed by atoms with Crippen LogP contribution in [0.2, 0.25) is 5.02 Å². The lowest BCUT2D eigenvalue weighted by molar-refractivity contribution is -0.141. The van der Waals surface area contributed by atoms with E-state index >= 15 is 0 Å². The van der Waals surface area contributed by atoms with Crippen LogP contribution in [0.25, 0.3) is 0 Å². The molecule has 0 radical (unpaired) electrons. The fraction of sp³-hybridized carbons (Fsp3) is 0.556. The molecule has 0 spiro atoms. The van der Waals surface area contributed by atoms with Gasteiger partial charge < -0.3 is 5.11 Å². The van der Waals surface area contributed by atoms with E-state index < -0.39 is 28.8 Å². The van der Waals surface area contributed by atoms with Crippen molar-refractivity contribution in [2.24, 2.45) is 5.92 Å². The summed E-state index contributed by atoms with van der Waals surface area (Å²) in [7, 11) is 0. The third-order valence-electron chi connectivity index (χ3n) is 2.27. The Balaban J connectivity index is 3.08. The molecule has 96 valence electrons. The predicted octanol–water partition coefficient (Wildman–Crippen LogP) is 2.58. The van der Waals surface area contributed by atoms with Gasteiger partial charge in [-0.15, -0.1) is 0 Å². The van der Waals surface area contributed by atoms with E-state index in [1.165, 1.54) is 13.8 Å². The molecule has 4 nitrogen and oxygen atoms in total. The number of hydrogen-bond donors (Lipinski definition) is 1. The Bertz CT molecular complexity index is 442. The van der Waals surface area contributed by atoms with Crippen LogP contribution in [-0.2, 0) is 17.5 Å². The van der Waals surface area contributed by atoms with Gasteiger partial charge in [-0.3, -0.25) is 9.48 Å². The van der Waals surface area contributed by atoms with Crippen molar-refractivity contribution in [3.05, 3.63) is 16.4 Å². The molecule has 0 aromatic carbocycles. The highest BCUT2D eigenvalue weighted by Gasteiger charge is 2.38. The number of carbonyl (C=O) groups is 1. The van der Waals surface area contributed by atoms with E-state index in [4.69, 9.17) is 16.7 Å². The summed E-state index contributed by atoms with van der Waals surface area (Å²) in [5.74, 6) is -1.95. The number of rotatable bonds is 3. The Hall–Kier alpha value is -1.24. The topological polar surface area (TPSA) is 55.1 Å². The van der Waals surface area contributed by atoms with Crippen LogP contribution in [0.5, 0.6) is 0 Å². The molecule has 0 bridgehead atoms. The fourth-order valence-corrected chi connectivity index (χ4v) is 1.46. The Morgan fingerprint density at radius 1 is 1.59 bits per heavy atom. The van der Waals surface area contributed by atoms with E-state index in [1.54, 1.807) is 0 Å². The molecule has 1 atom stereocenters.